The SMILES string of the molecule is N#Cc1ccc(-c2cccc(CNCc3cnn4c3CCC4)c2)s1. The van der Waals surface area contributed by atoms with Crippen LogP contribution in [0.1, 0.15) is 28.1 Å². The molecule has 4 nitrogen and oxygen atoms in total. The third kappa shape index (κ3) is 2.99. The molecule has 0 atom stereocenters. The molecule has 0 spiro atoms. The summed E-state index contributed by atoms with van der Waals surface area (Å²) >= 11 is 1.54. The van der Waals surface area contributed by atoms with E-state index in [1.807, 2.05) is 18.3 Å². The van der Waals surface area contributed by atoms with E-state index in [1.165, 1.54) is 40.1 Å². The molecule has 1 aliphatic rings. The molecule has 0 unspecified atom stereocenters. The molecule has 4 rings (SSSR count). The maximum absolute atomic E-state index is 8.97. The van der Waals surface area contributed by atoms with Crippen LogP contribution in [0.15, 0.2) is 42.6 Å². The predicted octanol–water partition coefficient (Wildman–Crippen LogP) is 3.72. The van der Waals surface area contributed by atoms with Crippen LogP contribution in [0.2, 0.25) is 0 Å². The molecule has 0 saturated carbocycles. The Hall–Kier alpha value is -2.42. The van der Waals surface area contributed by atoms with Gasteiger partial charge in [0.2, 0.25) is 0 Å². The van der Waals surface area contributed by atoms with Gasteiger partial charge in [-0.15, -0.1) is 11.3 Å². The molecule has 120 valence electrons. The molecule has 24 heavy (non-hydrogen) atoms. The van der Waals surface area contributed by atoms with Gasteiger partial charge in [0.1, 0.15) is 10.9 Å². The standard InChI is InChI=1S/C19H18N4S/c20-10-17-6-7-19(24-17)15-4-1-3-14(9-15)11-21-12-16-13-22-23-8-2-5-18(16)23/h1,3-4,6-7,9,13,21H,2,5,8,11-12H2. The van der Waals surface area contributed by atoms with Gasteiger partial charge in [0.05, 0.1) is 6.20 Å². The van der Waals surface area contributed by atoms with E-state index in [4.69, 9.17) is 5.26 Å². The van der Waals surface area contributed by atoms with Gasteiger partial charge in [-0.25, -0.2) is 0 Å². The summed E-state index contributed by atoms with van der Waals surface area (Å²) in [5, 5.41) is 16.9. The van der Waals surface area contributed by atoms with Crippen molar-refractivity contribution in [2.24, 2.45) is 0 Å². The molecule has 0 bridgehead atoms. The Morgan fingerprint density at radius 1 is 1.25 bits per heavy atom. The lowest BCUT2D eigenvalue weighted by Gasteiger charge is -2.06. The van der Waals surface area contributed by atoms with Crippen molar-refractivity contribution in [2.45, 2.75) is 32.5 Å². The van der Waals surface area contributed by atoms with Crippen LogP contribution < -0.4 is 5.32 Å². The predicted molar refractivity (Wildman–Crippen MR) is 95.6 cm³/mol. The number of rotatable bonds is 5. The molecule has 2 aromatic heterocycles. The average molecular weight is 334 g/mol. The third-order valence-corrected chi connectivity index (χ3v) is 5.43. The molecule has 1 aromatic carbocycles. The number of aryl methyl sites for hydroxylation is 1. The summed E-state index contributed by atoms with van der Waals surface area (Å²) in [7, 11) is 0. The second-order valence-electron chi connectivity index (χ2n) is 6.02. The normalized spacial score (nSPS) is 13.0. The fraction of sp³-hybridized carbons (Fsp3) is 0.263. The highest BCUT2D eigenvalue weighted by atomic mass is 32.1. The number of hydrogen-bond donors (Lipinski definition) is 1. The first-order valence-electron chi connectivity index (χ1n) is 8.17. The Labute approximate surface area is 145 Å². The number of fused-ring (bicyclic) bond motifs is 1. The molecular formula is C19H18N4S. The van der Waals surface area contributed by atoms with Crippen molar-refractivity contribution in [3.05, 3.63) is 64.3 Å². The first-order chi connectivity index (χ1) is 11.8. The first kappa shape index (κ1) is 15.1. The van der Waals surface area contributed by atoms with Crippen LogP contribution in [0.3, 0.4) is 0 Å². The fourth-order valence-corrected chi connectivity index (χ4v) is 4.00. The van der Waals surface area contributed by atoms with Gasteiger partial charge in [0, 0.05) is 35.8 Å². The lowest BCUT2D eigenvalue weighted by Crippen LogP contribution is -2.13. The van der Waals surface area contributed by atoms with Gasteiger partial charge in [-0.2, -0.15) is 10.4 Å². The zero-order valence-corrected chi connectivity index (χ0v) is 14.1. The van der Waals surface area contributed by atoms with Crippen LogP contribution >= 0.6 is 11.3 Å². The molecule has 3 aromatic rings. The van der Waals surface area contributed by atoms with Crippen molar-refractivity contribution < 1.29 is 0 Å². The van der Waals surface area contributed by atoms with E-state index in [2.05, 4.69) is 45.4 Å². The quantitative estimate of drug-likeness (QED) is 0.774. The summed E-state index contributed by atoms with van der Waals surface area (Å²) in [5.74, 6) is 0. The van der Waals surface area contributed by atoms with Gasteiger partial charge in [-0.05, 0) is 42.2 Å². The third-order valence-electron chi connectivity index (χ3n) is 4.39. The molecule has 0 saturated heterocycles. The number of aromatic nitrogens is 2. The highest BCUT2D eigenvalue weighted by Crippen LogP contribution is 2.28. The molecule has 0 amide bonds. The highest BCUT2D eigenvalue weighted by Gasteiger charge is 2.15. The molecule has 1 aliphatic heterocycles. The zero-order chi connectivity index (χ0) is 16.4. The molecule has 5 heteroatoms. The number of hydrogen-bond acceptors (Lipinski definition) is 4. The molecule has 0 fully saturated rings. The van der Waals surface area contributed by atoms with Crippen LogP contribution in [0.5, 0.6) is 0 Å². The fourth-order valence-electron chi connectivity index (χ4n) is 3.20. The highest BCUT2D eigenvalue weighted by molar-refractivity contribution is 7.16. The largest absolute Gasteiger partial charge is 0.308 e. The number of benzene rings is 1. The van der Waals surface area contributed by atoms with Gasteiger partial charge in [-0.3, -0.25) is 4.68 Å². The monoisotopic (exact) mass is 334 g/mol. The maximum Gasteiger partial charge on any atom is 0.110 e. The van der Waals surface area contributed by atoms with Crippen LogP contribution in [-0.2, 0) is 26.1 Å². The molecule has 0 aliphatic carbocycles. The summed E-state index contributed by atoms with van der Waals surface area (Å²) in [5.41, 5.74) is 5.13. The van der Waals surface area contributed by atoms with Gasteiger partial charge in [-0.1, -0.05) is 18.2 Å². The van der Waals surface area contributed by atoms with E-state index >= 15 is 0 Å². The summed E-state index contributed by atoms with van der Waals surface area (Å²) in [6.07, 6.45) is 4.35. The van der Waals surface area contributed by atoms with E-state index in [0.717, 1.165) is 35.8 Å². The number of thiophene rings is 1. The lowest BCUT2D eigenvalue weighted by atomic mass is 10.1. The lowest BCUT2D eigenvalue weighted by molar-refractivity contribution is 0.656. The molecule has 3 heterocycles. The van der Waals surface area contributed by atoms with Crippen LogP contribution in [0.25, 0.3) is 10.4 Å². The van der Waals surface area contributed by atoms with Crippen LogP contribution in [0.4, 0.5) is 0 Å². The van der Waals surface area contributed by atoms with Gasteiger partial charge < -0.3 is 5.32 Å². The van der Waals surface area contributed by atoms with E-state index < -0.39 is 0 Å². The first-order valence-corrected chi connectivity index (χ1v) is 8.98. The Morgan fingerprint density at radius 3 is 3.08 bits per heavy atom. The maximum atomic E-state index is 8.97. The minimum Gasteiger partial charge on any atom is -0.308 e. The van der Waals surface area contributed by atoms with Gasteiger partial charge >= 0.3 is 0 Å². The van der Waals surface area contributed by atoms with Crippen molar-refractivity contribution in [3.8, 4) is 16.5 Å². The van der Waals surface area contributed by atoms with Crippen molar-refractivity contribution in [3.63, 3.8) is 0 Å². The van der Waals surface area contributed by atoms with Crippen LogP contribution in [0, 0.1) is 11.3 Å². The second kappa shape index (κ2) is 6.60. The number of nitrogens with zero attached hydrogens (tertiary/aromatic N) is 3. The van der Waals surface area contributed by atoms with Crippen molar-refractivity contribution in [1.29, 1.82) is 5.26 Å². The zero-order valence-electron chi connectivity index (χ0n) is 13.3. The molecular weight excluding hydrogens is 316 g/mol. The van der Waals surface area contributed by atoms with Crippen molar-refractivity contribution >= 4 is 11.3 Å². The van der Waals surface area contributed by atoms with E-state index in [-0.39, 0.29) is 0 Å². The number of nitrogens with one attached hydrogen (secondary N) is 1. The average Bonchev–Trinajstić information content (AvgIpc) is 3.33. The Bertz CT molecular complexity index is 900. The minimum absolute atomic E-state index is 0.753. The van der Waals surface area contributed by atoms with Crippen molar-refractivity contribution in [2.75, 3.05) is 0 Å². The topological polar surface area (TPSA) is 53.6 Å². The van der Waals surface area contributed by atoms with Gasteiger partial charge in [0.15, 0.2) is 0 Å². The smallest absolute Gasteiger partial charge is 0.110 e. The summed E-state index contributed by atoms with van der Waals surface area (Å²) < 4.78 is 2.13. The number of nitriles is 1. The van der Waals surface area contributed by atoms with E-state index in [9.17, 15) is 0 Å². The summed E-state index contributed by atoms with van der Waals surface area (Å²) in [6, 6.07) is 14.6. The Morgan fingerprint density at radius 2 is 2.21 bits per heavy atom. The summed E-state index contributed by atoms with van der Waals surface area (Å²) in [6.45, 7) is 2.75. The minimum atomic E-state index is 0.753. The van der Waals surface area contributed by atoms with E-state index in [0.29, 0.717) is 0 Å². The molecule has 1 N–H and O–H groups in total. The summed E-state index contributed by atoms with van der Waals surface area (Å²) in [4.78, 5) is 1.89. The molecule has 0 radical (unpaired) electrons. The van der Waals surface area contributed by atoms with Crippen molar-refractivity contribution in [1.82, 2.24) is 15.1 Å². The van der Waals surface area contributed by atoms with E-state index in [1.54, 1.807) is 0 Å². The Kier molecular flexibility index (Phi) is 4.16. The van der Waals surface area contributed by atoms with Crippen LogP contribution in [-0.4, -0.2) is 9.78 Å². The Balaban J connectivity index is 1.41. The second-order valence-corrected chi connectivity index (χ2v) is 7.11. The van der Waals surface area contributed by atoms with Gasteiger partial charge in [0.25, 0.3) is 0 Å².